The summed E-state index contributed by atoms with van der Waals surface area (Å²) in [6.45, 7) is 7.58. The molecule has 1 aliphatic rings. The molecule has 2 aromatic heterocycles. The van der Waals surface area contributed by atoms with Gasteiger partial charge in [0.1, 0.15) is 5.73 Å². The maximum absolute atomic E-state index is 14.6. The Labute approximate surface area is 141 Å². The lowest BCUT2D eigenvalue weighted by Crippen LogP contribution is -2.41. The van der Waals surface area contributed by atoms with Crippen molar-refractivity contribution in [3.8, 4) is 11.1 Å². The molecule has 124 valence electrons. The van der Waals surface area contributed by atoms with Crippen molar-refractivity contribution in [2.75, 3.05) is 0 Å². The molecule has 0 atom stereocenters. The third kappa shape index (κ3) is 3.25. The van der Waals surface area contributed by atoms with Gasteiger partial charge >= 0.3 is 7.12 Å². The quantitative estimate of drug-likeness (QED) is 0.797. The van der Waals surface area contributed by atoms with Gasteiger partial charge < -0.3 is 9.31 Å². The molecule has 0 radical (unpaired) electrons. The van der Waals surface area contributed by atoms with E-state index in [9.17, 15) is 4.39 Å². The zero-order valence-electron chi connectivity index (χ0n) is 14.3. The van der Waals surface area contributed by atoms with E-state index in [1.165, 1.54) is 6.08 Å². The van der Waals surface area contributed by atoms with Crippen LogP contribution in [0.3, 0.4) is 0 Å². The second-order valence-electron chi connectivity index (χ2n) is 6.86. The first-order valence-corrected chi connectivity index (χ1v) is 7.87. The van der Waals surface area contributed by atoms with E-state index in [0.717, 1.165) is 11.1 Å². The molecule has 3 rings (SSSR count). The molecule has 2 aromatic rings. The smallest absolute Gasteiger partial charge is 0.398 e. The molecule has 0 aliphatic carbocycles. The molecule has 0 unspecified atom stereocenters. The van der Waals surface area contributed by atoms with Crippen molar-refractivity contribution in [2.45, 2.75) is 38.9 Å². The highest BCUT2D eigenvalue weighted by Gasteiger charge is 2.53. The summed E-state index contributed by atoms with van der Waals surface area (Å²) in [7, 11) is -1.00. The predicted octanol–water partition coefficient (Wildman–Crippen LogP) is 4.09. The molecule has 0 aromatic carbocycles. The summed E-state index contributed by atoms with van der Waals surface area (Å²) in [4.78, 5) is 8.18. The molecule has 0 saturated carbocycles. The molecule has 1 aliphatic heterocycles. The lowest BCUT2D eigenvalue weighted by atomic mass is 9.87. The highest BCUT2D eigenvalue weighted by atomic mass is 19.1. The summed E-state index contributed by atoms with van der Waals surface area (Å²) in [6.07, 6.45) is 8.17. The minimum atomic E-state index is -1.00. The predicted molar refractivity (Wildman–Crippen MR) is 92.6 cm³/mol. The number of hydrogen-bond acceptors (Lipinski definition) is 4. The van der Waals surface area contributed by atoms with Crippen LogP contribution in [0.4, 0.5) is 4.39 Å². The van der Waals surface area contributed by atoms with Crippen LogP contribution in [-0.2, 0) is 9.31 Å². The molecule has 6 heteroatoms. The normalized spacial score (nSPS) is 19.5. The minimum Gasteiger partial charge on any atom is -0.398 e. The van der Waals surface area contributed by atoms with Crippen LogP contribution < -0.4 is 0 Å². The molecule has 0 bridgehead atoms. The zero-order chi connectivity index (χ0) is 17.4. The highest BCUT2D eigenvalue weighted by molar-refractivity contribution is 6.54. The number of nitrogens with zero attached hydrogens (tertiary/aromatic N) is 2. The summed E-state index contributed by atoms with van der Waals surface area (Å²) in [5, 5.41) is 0. The summed E-state index contributed by atoms with van der Waals surface area (Å²) in [5.41, 5.74) is 0.912. The van der Waals surface area contributed by atoms with Crippen LogP contribution in [0.15, 0.2) is 48.7 Å². The van der Waals surface area contributed by atoms with Gasteiger partial charge in [-0.15, -0.1) is 0 Å². The maximum atomic E-state index is 14.6. The van der Waals surface area contributed by atoms with Gasteiger partial charge in [-0.05, 0) is 63.1 Å². The van der Waals surface area contributed by atoms with E-state index in [2.05, 4.69) is 9.97 Å². The van der Waals surface area contributed by atoms with Gasteiger partial charge in [-0.3, -0.25) is 9.97 Å². The zero-order valence-corrected chi connectivity index (χ0v) is 14.3. The van der Waals surface area contributed by atoms with Crippen LogP contribution in [0.1, 0.15) is 33.3 Å². The Morgan fingerprint density at radius 2 is 1.62 bits per heavy atom. The molecule has 0 amide bonds. The standard InChI is InChI=1S/C18H20BFN2O2/c1-17(2)18(3,4)24-19(23-17)16(20)10-13-9-15(12-22-11-13)14-5-7-21-8-6-14/h5-12H,1-4H3. The fourth-order valence-electron chi connectivity index (χ4n) is 2.42. The van der Waals surface area contributed by atoms with Gasteiger partial charge in [0, 0.05) is 30.4 Å². The van der Waals surface area contributed by atoms with Crippen LogP contribution in [0.5, 0.6) is 0 Å². The van der Waals surface area contributed by atoms with Crippen molar-refractivity contribution in [3.05, 3.63) is 54.3 Å². The van der Waals surface area contributed by atoms with E-state index in [-0.39, 0.29) is 0 Å². The monoisotopic (exact) mass is 326 g/mol. The Morgan fingerprint density at radius 1 is 1.00 bits per heavy atom. The fourth-order valence-corrected chi connectivity index (χ4v) is 2.42. The average Bonchev–Trinajstić information content (AvgIpc) is 2.77. The van der Waals surface area contributed by atoms with E-state index >= 15 is 0 Å². The van der Waals surface area contributed by atoms with Crippen LogP contribution in [0, 0.1) is 0 Å². The molecule has 4 nitrogen and oxygen atoms in total. The summed E-state index contributed by atoms with van der Waals surface area (Å²) >= 11 is 0. The van der Waals surface area contributed by atoms with Crippen LogP contribution in [-0.4, -0.2) is 28.3 Å². The number of hydrogen-bond donors (Lipinski definition) is 0. The number of halogens is 1. The molecule has 0 spiro atoms. The van der Waals surface area contributed by atoms with E-state index in [1.807, 2.05) is 45.9 Å². The topological polar surface area (TPSA) is 44.2 Å². The molecule has 1 saturated heterocycles. The first-order chi connectivity index (χ1) is 11.3. The first-order valence-electron chi connectivity index (χ1n) is 7.87. The second-order valence-corrected chi connectivity index (χ2v) is 6.86. The van der Waals surface area contributed by atoms with Crippen molar-refractivity contribution >= 4 is 13.2 Å². The Kier molecular flexibility index (Phi) is 4.28. The Morgan fingerprint density at radius 3 is 2.25 bits per heavy atom. The van der Waals surface area contributed by atoms with Crippen LogP contribution >= 0.6 is 0 Å². The number of aromatic nitrogens is 2. The van der Waals surface area contributed by atoms with E-state index in [0.29, 0.717) is 5.56 Å². The third-order valence-corrected chi connectivity index (χ3v) is 4.56. The summed E-state index contributed by atoms with van der Waals surface area (Å²) in [5.74, 6) is 0. The van der Waals surface area contributed by atoms with Crippen molar-refractivity contribution in [1.29, 1.82) is 0 Å². The summed E-state index contributed by atoms with van der Waals surface area (Å²) < 4.78 is 26.0. The van der Waals surface area contributed by atoms with Crippen molar-refractivity contribution < 1.29 is 13.7 Å². The Bertz CT molecular complexity index is 747. The van der Waals surface area contributed by atoms with Gasteiger partial charge in [0.2, 0.25) is 0 Å². The van der Waals surface area contributed by atoms with Crippen LogP contribution in [0.25, 0.3) is 17.2 Å². The van der Waals surface area contributed by atoms with Gasteiger partial charge in [-0.2, -0.15) is 0 Å². The minimum absolute atomic E-state index is 0.470. The molecule has 3 heterocycles. The van der Waals surface area contributed by atoms with Gasteiger partial charge in [0.05, 0.1) is 11.2 Å². The lowest BCUT2D eigenvalue weighted by molar-refractivity contribution is 0.00578. The summed E-state index contributed by atoms with van der Waals surface area (Å²) in [6, 6.07) is 5.64. The van der Waals surface area contributed by atoms with Gasteiger partial charge in [0.15, 0.2) is 0 Å². The Hall–Kier alpha value is -2.05. The fraction of sp³-hybridized carbons (Fsp3) is 0.333. The SMILES string of the molecule is CC1(C)OB(C(F)=Cc2cncc(-c3ccncc3)c2)OC1(C)C. The van der Waals surface area contributed by atoms with Gasteiger partial charge in [-0.1, -0.05) is 0 Å². The maximum Gasteiger partial charge on any atom is 0.525 e. The highest BCUT2D eigenvalue weighted by Crippen LogP contribution is 2.39. The van der Waals surface area contributed by atoms with Crippen molar-refractivity contribution in [1.82, 2.24) is 9.97 Å². The second kappa shape index (κ2) is 6.11. The number of pyridine rings is 2. The Balaban J connectivity index is 1.84. The van der Waals surface area contributed by atoms with Gasteiger partial charge in [0.25, 0.3) is 0 Å². The third-order valence-electron chi connectivity index (χ3n) is 4.56. The largest absolute Gasteiger partial charge is 0.525 e. The molecular weight excluding hydrogens is 306 g/mol. The van der Waals surface area contributed by atoms with E-state index in [4.69, 9.17) is 9.31 Å². The molecule has 24 heavy (non-hydrogen) atoms. The molecule has 0 N–H and O–H groups in total. The van der Waals surface area contributed by atoms with E-state index < -0.39 is 24.0 Å². The average molecular weight is 326 g/mol. The number of rotatable bonds is 3. The van der Waals surface area contributed by atoms with Gasteiger partial charge in [-0.25, -0.2) is 4.39 Å². The van der Waals surface area contributed by atoms with Crippen LogP contribution in [0.2, 0.25) is 0 Å². The van der Waals surface area contributed by atoms with Crippen molar-refractivity contribution in [3.63, 3.8) is 0 Å². The first kappa shape index (κ1) is 16.8. The lowest BCUT2D eigenvalue weighted by Gasteiger charge is -2.32. The molecular formula is C18H20BFN2O2. The van der Waals surface area contributed by atoms with Crippen molar-refractivity contribution in [2.24, 2.45) is 0 Å². The molecule has 1 fully saturated rings. The van der Waals surface area contributed by atoms with E-state index in [1.54, 1.807) is 24.8 Å².